The van der Waals surface area contributed by atoms with Crippen molar-refractivity contribution < 1.29 is 4.79 Å². The SMILES string of the molecule is CC[C@H](C(=O)NC(C)C)N(C)C. The van der Waals surface area contributed by atoms with Gasteiger partial charge < -0.3 is 5.32 Å². The lowest BCUT2D eigenvalue weighted by Crippen LogP contribution is -2.45. The maximum absolute atomic E-state index is 11.5. The van der Waals surface area contributed by atoms with Crippen molar-refractivity contribution in [2.75, 3.05) is 14.1 Å². The molecular weight excluding hydrogens is 152 g/mol. The third-order valence-corrected chi connectivity index (χ3v) is 1.74. The monoisotopic (exact) mass is 172 g/mol. The van der Waals surface area contributed by atoms with Crippen molar-refractivity contribution in [2.45, 2.75) is 39.3 Å². The van der Waals surface area contributed by atoms with Gasteiger partial charge in [0.05, 0.1) is 6.04 Å². The molecule has 1 amide bonds. The predicted octanol–water partition coefficient (Wildman–Crippen LogP) is 0.851. The van der Waals surface area contributed by atoms with Crippen molar-refractivity contribution in [1.29, 1.82) is 0 Å². The van der Waals surface area contributed by atoms with E-state index in [9.17, 15) is 4.79 Å². The molecule has 0 saturated heterocycles. The smallest absolute Gasteiger partial charge is 0.237 e. The van der Waals surface area contributed by atoms with E-state index in [1.165, 1.54) is 0 Å². The minimum Gasteiger partial charge on any atom is -0.353 e. The van der Waals surface area contributed by atoms with E-state index < -0.39 is 0 Å². The second kappa shape index (κ2) is 5.14. The molecule has 0 aromatic heterocycles. The van der Waals surface area contributed by atoms with Crippen molar-refractivity contribution >= 4 is 5.91 Å². The summed E-state index contributed by atoms with van der Waals surface area (Å²) in [5, 5.41) is 2.89. The van der Waals surface area contributed by atoms with Crippen molar-refractivity contribution in [2.24, 2.45) is 0 Å². The van der Waals surface area contributed by atoms with Gasteiger partial charge in [-0.2, -0.15) is 0 Å². The van der Waals surface area contributed by atoms with E-state index >= 15 is 0 Å². The van der Waals surface area contributed by atoms with Crippen LogP contribution in [0.1, 0.15) is 27.2 Å². The topological polar surface area (TPSA) is 32.3 Å². The van der Waals surface area contributed by atoms with E-state index in [4.69, 9.17) is 0 Å². The third-order valence-electron chi connectivity index (χ3n) is 1.74. The number of likely N-dealkylation sites (N-methyl/N-ethyl adjacent to an activating group) is 1. The molecule has 0 aliphatic rings. The van der Waals surface area contributed by atoms with Crippen LogP contribution in [0.25, 0.3) is 0 Å². The van der Waals surface area contributed by atoms with Gasteiger partial charge in [-0.25, -0.2) is 0 Å². The highest BCUT2D eigenvalue weighted by molar-refractivity contribution is 5.81. The largest absolute Gasteiger partial charge is 0.353 e. The van der Waals surface area contributed by atoms with E-state index in [2.05, 4.69) is 5.32 Å². The zero-order valence-corrected chi connectivity index (χ0v) is 8.72. The number of carbonyl (C=O) groups excluding carboxylic acids is 1. The minimum absolute atomic E-state index is 0.00685. The normalized spacial score (nSPS) is 13.6. The summed E-state index contributed by atoms with van der Waals surface area (Å²) in [7, 11) is 3.85. The molecule has 0 aliphatic heterocycles. The van der Waals surface area contributed by atoms with Gasteiger partial charge >= 0.3 is 0 Å². The highest BCUT2D eigenvalue weighted by Crippen LogP contribution is 1.99. The summed E-state index contributed by atoms with van der Waals surface area (Å²) >= 11 is 0. The van der Waals surface area contributed by atoms with Crippen molar-refractivity contribution in [3.8, 4) is 0 Å². The van der Waals surface area contributed by atoms with Gasteiger partial charge in [-0.05, 0) is 34.4 Å². The number of nitrogens with one attached hydrogen (secondary N) is 1. The van der Waals surface area contributed by atoms with Gasteiger partial charge in [0, 0.05) is 6.04 Å². The Hall–Kier alpha value is -0.570. The fourth-order valence-electron chi connectivity index (χ4n) is 1.17. The first kappa shape index (κ1) is 11.4. The summed E-state index contributed by atoms with van der Waals surface area (Å²) in [6.07, 6.45) is 0.853. The molecule has 0 rings (SSSR count). The molecule has 1 N–H and O–H groups in total. The van der Waals surface area contributed by atoms with Gasteiger partial charge in [-0.15, -0.1) is 0 Å². The molecule has 0 aliphatic carbocycles. The quantitative estimate of drug-likeness (QED) is 0.682. The molecule has 0 aromatic carbocycles. The van der Waals surface area contributed by atoms with Crippen LogP contribution in [-0.2, 0) is 4.79 Å². The van der Waals surface area contributed by atoms with Crippen LogP contribution in [0.5, 0.6) is 0 Å². The molecule has 0 spiro atoms. The Morgan fingerprint density at radius 3 is 2.17 bits per heavy atom. The van der Waals surface area contributed by atoms with Crippen LogP contribution in [0.15, 0.2) is 0 Å². The minimum atomic E-state index is 0.00685. The van der Waals surface area contributed by atoms with Crippen molar-refractivity contribution in [1.82, 2.24) is 10.2 Å². The molecule has 0 bridgehead atoms. The number of hydrogen-bond donors (Lipinski definition) is 1. The van der Waals surface area contributed by atoms with Gasteiger partial charge in [0.2, 0.25) is 5.91 Å². The van der Waals surface area contributed by atoms with Crippen LogP contribution in [0.2, 0.25) is 0 Å². The highest BCUT2D eigenvalue weighted by Gasteiger charge is 2.18. The predicted molar refractivity (Wildman–Crippen MR) is 51.0 cm³/mol. The first-order valence-electron chi connectivity index (χ1n) is 4.45. The van der Waals surface area contributed by atoms with Crippen LogP contribution in [-0.4, -0.2) is 37.0 Å². The molecule has 0 radical (unpaired) electrons. The standard InChI is InChI=1S/C9H20N2O/c1-6-8(11(4)5)9(12)10-7(2)3/h7-8H,6H2,1-5H3,(H,10,12)/t8-/m1/s1. The van der Waals surface area contributed by atoms with Crippen molar-refractivity contribution in [3.05, 3.63) is 0 Å². The molecule has 3 heteroatoms. The molecule has 0 fully saturated rings. The Balaban J connectivity index is 4.04. The Labute approximate surface area is 75.1 Å². The van der Waals surface area contributed by atoms with Crippen LogP contribution >= 0.6 is 0 Å². The second-order valence-electron chi connectivity index (χ2n) is 3.55. The van der Waals surface area contributed by atoms with Crippen LogP contribution in [0, 0.1) is 0 Å². The van der Waals surface area contributed by atoms with Crippen LogP contribution < -0.4 is 5.32 Å². The third kappa shape index (κ3) is 3.72. The summed E-state index contributed by atoms with van der Waals surface area (Å²) < 4.78 is 0. The average Bonchev–Trinajstić information content (AvgIpc) is 1.85. The van der Waals surface area contributed by atoms with Gasteiger partial charge in [0.15, 0.2) is 0 Å². The second-order valence-corrected chi connectivity index (χ2v) is 3.55. The maximum atomic E-state index is 11.5. The van der Waals surface area contributed by atoms with Crippen LogP contribution in [0.3, 0.4) is 0 Å². The van der Waals surface area contributed by atoms with E-state index in [0.717, 1.165) is 6.42 Å². The number of carbonyl (C=O) groups is 1. The summed E-state index contributed by atoms with van der Waals surface area (Å²) in [5.41, 5.74) is 0. The van der Waals surface area contributed by atoms with E-state index in [-0.39, 0.29) is 18.0 Å². The Kier molecular flexibility index (Phi) is 4.90. The fraction of sp³-hybridized carbons (Fsp3) is 0.889. The van der Waals surface area contributed by atoms with Gasteiger partial charge in [0.1, 0.15) is 0 Å². The number of rotatable bonds is 4. The molecule has 0 saturated carbocycles. The first-order valence-corrected chi connectivity index (χ1v) is 4.45. The molecule has 12 heavy (non-hydrogen) atoms. The lowest BCUT2D eigenvalue weighted by Gasteiger charge is -2.22. The summed E-state index contributed by atoms with van der Waals surface area (Å²) in [6.45, 7) is 5.96. The summed E-state index contributed by atoms with van der Waals surface area (Å²) in [6, 6.07) is 0.235. The number of nitrogens with zero attached hydrogens (tertiary/aromatic N) is 1. The van der Waals surface area contributed by atoms with E-state index in [1.807, 2.05) is 39.8 Å². The Morgan fingerprint density at radius 2 is 1.92 bits per heavy atom. The van der Waals surface area contributed by atoms with Crippen LogP contribution in [0.4, 0.5) is 0 Å². The number of amides is 1. The highest BCUT2D eigenvalue weighted by atomic mass is 16.2. The van der Waals surface area contributed by atoms with Gasteiger partial charge in [-0.3, -0.25) is 9.69 Å². The van der Waals surface area contributed by atoms with E-state index in [0.29, 0.717) is 0 Å². The van der Waals surface area contributed by atoms with Crippen molar-refractivity contribution in [3.63, 3.8) is 0 Å². The molecular formula is C9H20N2O. The van der Waals surface area contributed by atoms with Gasteiger partial charge in [-0.1, -0.05) is 6.92 Å². The van der Waals surface area contributed by atoms with Gasteiger partial charge in [0.25, 0.3) is 0 Å². The lowest BCUT2D eigenvalue weighted by molar-refractivity contribution is -0.126. The zero-order chi connectivity index (χ0) is 9.72. The first-order chi connectivity index (χ1) is 5.49. The Morgan fingerprint density at radius 1 is 1.42 bits per heavy atom. The molecule has 1 atom stereocenters. The lowest BCUT2D eigenvalue weighted by atomic mass is 10.2. The summed E-state index contributed by atoms with van der Waals surface area (Å²) in [5.74, 6) is 0.123. The fourth-order valence-corrected chi connectivity index (χ4v) is 1.17. The van der Waals surface area contributed by atoms with E-state index in [1.54, 1.807) is 0 Å². The summed E-state index contributed by atoms with van der Waals surface area (Å²) in [4.78, 5) is 13.4. The maximum Gasteiger partial charge on any atom is 0.237 e. The molecule has 72 valence electrons. The number of hydrogen-bond acceptors (Lipinski definition) is 2. The zero-order valence-electron chi connectivity index (χ0n) is 8.72. The average molecular weight is 172 g/mol. The molecule has 0 heterocycles. The molecule has 0 aromatic rings. The Bertz CT molecular complexity index is 143. The molecule has 3 nitrogen and oxygen atoms in total. The molecule has 0 unspecified atom stereocenters.